The second kappa shape index (κ2) is 5.19. The van der Waals surface area contributed by atoms with Gasteiger partial charge in [-0.15, -0.1) is 0 Å². The minimum Gasteiger partial charge on any atom is -0.399 e. The van der Waals surface area contributed by atoms with Gasteiger partial charge in [0.2, 0.25) is 0 Å². The second-order valence-electron chi connectivity index (χ2n) is 6.22. The number of benzene rings is 1. The highest BCUT2D eigenvalue weighted by Gasteiger charge is 2.53. The van der Waals surface area contributed by atoms with Crippen LogP contribution < -0.4 is 5.46 Å². The third-order valence-corrected chi connectivity index (χ3v) is 5.58. The van der Waals surface area contributed by atoms with Gasteiger partial charge in [0, 0.05) is 5.46 Å². The Bertz CT molecular complexity index is 712. The minimum atomic E-state index is -5.61. The van der Waals surface area contributed by atoms with Crippen molar-refractivity contribution in [3.8, 4) is 0 Å². The molecule has 0 bridgehead atoms. The van der Waals surface area contributed by atoms with Crippen LogP contribution in [-0.2, 0) is 19.1 Å². The highest BCUT2D eigenvalue weighted by atomic mass is 32.2. The number of hydrogen-bond acceptors (Lipinski definition) is 4. The highest BCUT2D eigenvalue weighted by Crippen LogP contribution is 2.37. The van der Waals surface area contributed by atoms with Crippen molar-refractivity contribution in [2.45, 2.75) is 49.3 Å². The van der Waals surface area contributed by atoms with Crippen molar-refractivity contribution in [2.24, 2.45) is 0 Å². The first-order valence-corrected chi connectivity index (χ1v) is 8.14. The Labute approximate surface area is 131 Å². The van der Waals surface area contributed by atoms with Crippen LogP contribution in [0.25, 0.3) is 0 Å². The molecule has 1 aliphatic rings. The molecule has 23 heavy (non-hydrogen) atoms. The lowest BCUT2D eigenvalue weighted by atomic mass is 9.79. The molecule has 0 atom stereocenters. The highest BCUT2D eigenvalue weighted by molar-refractivity contribution is 7.92. The second-order valence-corrected chi connectivity index (χ2v) is 8.16. The summed E-state index contributed by atoms with van der Waals surface area (Å²) in [5.74, 6) is -1.14. The molecule has 1 aliphatic heterocycles. The molecule has 0 spiro atoms. The fourth-order valence-electron chi connectivity index (χ4n) is 1.97. The van der Waals surface area contributed by atoms with E-state index in [-0.39, 0.29) is 5.46 Å². The molecular formula is C13H15BF4O4S. The number of sulfone groups is 1. The molecule has 1 saturated heterocycles. The smallest absolute Gasteiger partial charge is 0.399 e. The molecule has 1 fully saturated rings. The van der Waals surface area contributed by atoms with E-state index in [4.69, 9.17) is 9.31 Å². The van der Waals surface area contributed by atoms with E-state index in [1.807, 2.05) is 0 Å². The molecule has 128 valence electrons. The molecule has 2 rings (SSSR count). The molecule has 0 aliphatic carbocycles. The van der Waals surface area contributed by atoms with Gasteiger partial charge in [0.05, 0.1) is 16.1 Å². The maximum absolute atomic E-state index is 14.1. The lowest BCUT2D eigenvalue weighted by Gasteiger charge is -2.32. The van der Waals surface area contributed by atoms with Gasteiger partial charge in [-0.2, -0.15) is 13.2 Å². The third-order valence-electron chi connectivity index (χ3n) is 4.09. The average Bonchev–Trinajstić information content (AvgIpc) is 2.56. The summed E-state index contributed by atoms with van der Waals surface area (Å²) in [7, 11) is -6.74. The van der Waals surface area contributed by atoms with E-state index < -0.39 is 44.4 Å². The van der Waals surface area contributed by atoms with E-state index in [1.165, 1.54) is 0 Å². The Morgan fingerprint density at radius 1 is 1.04 bits per heavy atom. The van der Waals surface area contributed by atoms with Gasteiger partial charge in [-0.05, 0) is 39.8 Å². The zero-order valence-corrected chi connectivity index (χ0v) is 13.7. The summed E-state index contributed by atoms with van der Waals surface area (Å²) in [6.07, 6.45) is 0. The van der Waals surface area contributed by atoms with E-state index in [9.17, 15) is 26.0 Å². The van der Waals surface area contributed by atoms with Gasteiger partial charge in [0.1, 0.15) is 5.82 Å². The zero-order chi connectivity index (χ0) is 17.8. The van der Waals surface area contributed by atoms with E-state index in [0.29, 0.717) is 12.1 Å². The van der Waals surface area contributed by atoms with Gasteiger partial charge in [-0.1, -0.05) is 6.07 Å². The molecule has 1 heterocycles. The topological polar surface area (TPSA) is 52.6 Å². The fraction of sp³-hybridized carbons (Fsp3) is 0.538. The van der Waals surface area contributed by atoms with Crippen molar-refractivity contribution in [1.82, 2.24) is 0 Å². The van der Waals surface area contributed by atoms with Crippen molar-refractivity contribution >= 4 is 22.4 Å². The van der Waals surface area contributed by atoms with Gasteiger partial charge in [0.25, 0.3) is 9.84 Å². The maximum atomic E-state index is 14.1. The average molecular weight is 354 g/mol. The molecule has 0 radical (unpaired) electrons. The molecule has 1 aromatic carbocycles. The number of hydrogen-bond donors (Lipinski definition) is 0. The lowest BCUT2D eigenvalue weighted by Crippen LogP contribution is -2.41. The van der Waals surface area contributed by atoms with Gasteiger partial charge >= 0.3 is 12.6 Å². The monoisotopic (exact) mass is 354 g/mol. The Morgan fingerprint density at radius 2 is 1.52 bits per heavy atom. The Hall–Kier alpha value is -1.13. The Morgan fingerprint density at radius 3 is 1.91 bits per heavy atom. The summed E-state index contributed by atoms with van der Waals surface area (Å²) in [5.41, 5.74) is -7.18. The van der Waals surface area contributed by atoms with Crippen LogP contribution in [0, 0.1) is 5.82 Å². The third kappa shape index (κ3) is 2.99. The van der Waals surface area contributed by atoms with E-state index >= 15 is 0 Å². The molecule has 0 unspecified atom stereocenters. The Balaban J connectivity index is 2.40. The molecule has 0 amide bonds. The van der Waals surface area contributed by atoms with Crippen LogP contribution in [0.5, 0.6) is 0 Å². The molecule has 10 heteroatoms. The SMILES string of the molecule is CC1(C)OB(c2ccc(S(=O)(=O)C(F)(F)F)cc2F)OC1(C)C. The van der Waals surface area contributed by atoms with Crippen molar-refractivity contribution in [3.63, 3.8) is 0 Å². The fourth-order valence-corrected chi connectivity index (χ4v) is 2.74. The van der Waals surface area contributed by atoms with E-state index in [0.717, 1.165) is 6.07 Å². The lowest BCUT2D eigenvalue weighted by molar-refractivity contribution is -0.0436. The summed E-state index contributed by atoms with van der Waals surface area (Å²) in [5, 5.41) is 0. The van der Waals surface area contributed by atoms with Gasteiger partial charge < -0.3 is 9.31 Å². The minimum absolute atomic E-state index is 0.162. The molecular weight excluding hydrogens is 339 g/mol. The largest absolute Gasteiger partial charge is 0.501 e. The van der Waals surface area contributed by atoms with Crippen LogP contribution in [0.3, 0.4) is 0 Å². The van der Waals surface area contributed by atoms with Crippen LogP contribution in [0.15, 0.2) is 23.1 Å². The summed E-state index contributed by atoms with van der Waals surface area (Å²) in [6.45, 7) is 6.92. The summed E-state index contributed by atoms with van der Waals surface area (Å²) >= 11 is 0. The van der Waals surface area contributed by atoms with Crippen LogP contribution in [0.4, 0.5) is 17.6 Å². The molecule has 0 saturated carbocycles. The van der Waals surface area contributed by atoms with Crippen molar-refractivity contribution in [3.05, 3.63) is 24.0 Å². The Kier molecular flexibility index (Phi) is 4.11. The van der Waals surface area contributed by atoms with Crippen LogP contribution in [-0.4, -0.2) is 32.2 Å². The summed E-state index contributed by atoms with van der Waals surface area (Å²) < 4.78 is 85.4. The van der Waals surface area contributed by atoms with Crippen LogP contribution in [0.2, 0.25) is 0 Å². The predicted molar refractivity (Wildman–Crippen MR) is 75.4 cm³/mol. The summed E-state index contributed by atoms with van der Waals surface area (Å²) in [6, 6.07) is 1.94. The maximum Gasteiger partial charge on any atom is 0.501 e. The first kappa shape index (κ1) is 18.2. The standard InChI is InChI=1S/C13H15BF4O4S/c1-11(2)12(3,4)22-14(21-11)9-6-5-8(7-10(9)15)23(19,20)13(16,17)18/h5-7H,1-4H3. The molecule has 0 N–H and O–H groups in total. The number of alkyl halides is 3. The van der Waals surface area contributed by atoms with Crippen molar-refractivity contribution in [1.29, 1.82) is 0 Å². The number of halogens is 4. The normalized spacial score (nSPS) is 20.8. The number of rotatable bonds is 2. The van der Waals surface area contributed by atoms with Gasteiger partial charge in [-0.3, -0.25) is 0 Å². The zero-order valence-electron chi connectivity index (χ0n) is 12.9. The van der Waals surface area contributed by atoms with Crippen molar-refractivity contribution < 1.29 is 35.3 Å². The predicted octanol–water partition coefficient (Wildman–Crippen LogP) is 2.42. The van der Waals surface area contributed by atoms with Crippen LogP contribution >= 0.6 is 0 Å². The van der Waals surface area contributed by atoms with E-state index in [1.54, 1.807) is 27.7 Å². The van der Waals surface area contributed by atoms with Gasteiger partial charge in [0.15, 0.2) is 0 Å². The molecule has 1 aromatic rings. The molecule has 0 aromatic heterocycles. The first-order chi connectivity index (χ1) is 10.2. The van der Waals surface area contributed by atoms with Crippen LogP contribution in [0.1, 0.15) is 27.7 Å². The van der Waals surface area contributed by atoms with E-state index in [2.05, 4.69) is 0 Å². The summed E-state index contributed by atoms with van der Waals surface area (Å²) in [4.78, 5) is -1.16. The first-order valence-electron chi connectivity index (χ1n) is 6.65. The van der Waals surface area contributed by atoms with Crippen molar-refractivity contribution in [2.75, 3.05) is 0 Å². The van der Waals surface area contributed by atoms with Gasteiger partial charge in [-0.25, -0.2) is 12.8 Å². The quantitative estimate of drug-likeness (QED) is 0.605. The molecule has 4 nitrogen and oxygen atoms in total.